The summed E-state index contributed by atoms with van der Waals surface area (Å²) >= 11 is 0. The van der Waals surface area contributed by atoms with E-state index in [9.17, 15) is 8.42 Å². The zero-order valence-corrected chi connectivity index (χ0v) is 16.1. The van der Waals surface area contributed by atoms with Crippen molar-refractivity contribution >= 4 is 27.1 Å². The maximum atomic E-state index is 11.7. The maximum absolute atomic E-state index is 11.7. The van der Waals surface area contributed by atoms with Crippen LogP contribution in [0.2, 0.25) is 0 Å². The molecule has 0 saturated carbocycles. The molecule has 0 saturated heterocycles. The first-order valence-corrected chi connectivity index (χ1v) is 10.4. The molecule has 4 rings (SSSR count). The highest BCUT2D eigenvalue weighted by Crippen LogP contribution is 2.28. The number of pyridine rings is 1. The molecule has 0 spiro atoms. The highest BCUT2D eigenvalue weighted by Gasteiger charge is 2.12. The number of ether oxygens (including phenoxy) is 1. The fourth-order valence-corrected chi connectivity index (χ4v) is 3.56. The third-order valence-corrected chi connectivity index (χ3v) is 5.44. The van der Waals surface area contributed by atoms with Gasteiger partial charge in [-0.2, -0.15) is 4.98 Å². The van der Waals surface area contributed by atoms with Gasteiger partial charge in [0.15, 0.2) is 15.5 Å². The van der Waals surface area contributed by atoms with E-state index in [1.807, 2.05) is 42.6 Å². The molecule has 0 aliphatic carbocycles. The van der Waals surface area contributed by atoms with E-state index in [4.69, 9.17) is 4.74 Å². The minimum absolute atomic E-state index is 0.281. The summed E-state index contributed by atoms with van der Waals surface area (Å²) in [5, 5.41) is 7.64. The number of hydrogen-bond acceptors (Lipinski definition) is 6. The van der Waals surface area contributed by atoms with Crippen molar-refractivity contribution in [3.8, 4) is 16.9 Å². The van der Waals surface area contributed by atoms with Crippen LogP contribution >= 0.6 is 0 Å². The van der Waals surface area contributed by atoms with E-state index in [0.29, 0.717) is 17.3 Å². The van der Waals surface area contributed by atoms with Gasteiger partial charge in [-0.25, -0.2) is 12.9 Å². The highest BCUT2D eigenvalue weighted by atomic mass is 32.2. The van der Waals surface area contributed by atoms with E-state index in [1.54, 1.807) is 35.9 Å². The monoisotopic (exact) mass is 394 g/mol. The first kappa shape index (κ1) is 18.0. The van der Waals surface area contributed by atoms with Crippen molar-refractivity contribution in [2.75, 3.05) is 18.7 Å². The number of nitrogens with zero attached hydrogens (tertiary/aromatic N) is 3. The molecular weight excluding hydrogens is 376 g/mol. The summed E-state index contributed by atoms with van der Waals surface area (Å²) in [6, 6.07) is 18.1. The maximum Gasteiger partial charge on any atom is 0.247 e. The van der Waals surface area contributed by atoms with E-state index in [-0.39, 0.29) is 4.90 Å². The standard InChI is InChI=1S/C20H18N4O3S/c1-27-18-8-4-3-7-17(18)21-20-22-19-16(6-5-13-24(19)23-20)14-9-11-15(12-10-14)28(2,25)26/h3-13H,1-2H3,(H,21,23). The Bertz CT molecular complexity index is 1250. The van der Waals surface area contributed by atoms with Gasteiger partial charge in [0.25, 0.3) is 0 Å². The Labute approximate surface area is 162 Å². The number of sulfone groups is 1. The fraction of sp³-hybridized carbons (Fsp3) is 0.100. The number of aromatic nitrogens is 3. The summed E-state index contributed by atoms with van der Waals surface area (Å²) in [5.41, 5.74) is 3.13. The summed E-state index contributed by atoms with van der Waals surface area (Å²) in [4.78, 5) is 4.88. The third kappa shape index (κ3) is 3.41. The Balaban J connectivity index is 1.73. The molecular formula is C20H18N4O3S. The molecule has 0 bridgehead atoms. The quantitative estimate of drug-likeness (QED) is 0.557. The molecule has 2 aromatic carbocycles. The highest BCUT2D eigenvalue weighted by molar-refractivity contribution is 7.90. The molecule has 2 aromatic heterocycles. The summed E-state index contributed by atoms with van der Waals surface area (Å²) < 4.78 is 30.4. The molecule has 0 aliphatic rings. The van der Waals surface area contributed by atoms with Crippen LogP contribution in [0.25, 0.3) is 16.8 Å². The van der Waals surface area contributed by atoms with E-state index in [2.05, 4.69) is 15.4 Å². The van der Waals surface area contributed by atoms with Crippen molar-refractivity contribution < 1.29 is 13.2 Å². The van der Waals surface area contributed by atoms with E-state index in [0.717, 1.165) is 16.8 Å². The Morgan fingerprint density at radius 3 is 2.46 bits per heavy atom. The number of fused-ring (bicyclic) bond motifs is 1. The lowest BCUT2D eigenvalue weighted by Crippen LogP contribution is -1.96. The largest absolute Gasteiger partial charge is 0.495 e. The molecule has 7 nitrogen and oxygen atoms in total. The van der Waals surface area contributed by atoms with Crippen LogP contribution in [0.1, 0.15) is 0 Å². The van der Waals surface area contributed by atoms with Gasteiger partial charge in [0.1, 0.15) is 5.75 Å². The molecule has 0 fully saturated rings. The second-order valence-electron chi connectivity index (χ2n) is 6.25. The van der Waals surface area contributed by atoms with Gasteiger partial charge in [0, 0.05) is 18.0 Å². The SMILES string of the molecule is COc1ccccc1Nc1nc2c(-c3ccc(S(C)(=O)=O)cc3)cccn2n1. The van der Waals surface area contributed by atoms with Crippen LogP contribution in [0.3, 0.4) is 0 Å². The predicted octanol–water partition coefficient (Wildman–Crippen LogP) is 3.55. The Morgan fingerprint density at radius 1 is 1.00 bits per heavy atom. The molecule has 0 amide bonds. The minimum Gasteiger partial charge on any atom is -0.495 e. The first-order chi connectivity index (χ1) is 13.5. The molecule has 8 heteroatoms. The average molecular weight is 394 g/mol. The van der Waals surface area contributed by atoms with Gasteiger partial charge in [-0.1, -0.05) is 24.3 Å². The summed E-state index contributed by atoms with van der Waals surface area (Å²) in [6.07, 6.45) is 3.00. The summed E-state index contributed by atoms with van der Waals surface area (Å²) in [5.74, 6) is 1.13. The van der Waals surface area contributed by atoms with Crippen LogP contribution in [-0.2, 0) is 9.84 Å². The molecule has 0 aliphatic heterocycles. The summed E-state index contributed by atoms with van der Waals surface area (Å²) in [6.45, 7) is 0. The van der Waals surface area contributed by atoms with Crippen LogP contribution in [0.5, 0.6) is 5.75 Å². The Morgan fingerprint density at radius 2 is 1.75 bits per heavy atom. The molecule has 0 unspecified atom stereocenters. The topological polar surface area (TPSA) is 85.6 Å². The van der Waals surface area contributed by atoms with Gasteiger partial charge in [0.2, 0.25) is 5.95 Å². The number of rotatable bonds is 5. The molecule has 1 N–H and O–H groups in total. The lowest BCUT2D eigenvalue weighted by atomic mass is 10.1. The lowest BCUT2D eigenvalue weighted by Gasteiger charge is -2.07. The number of hydrogen-bond donors (Lipinski definition) is 1. The molecule has 0 radical (unpaired) electrons. The number of nitrogens with one attached hydrogen (secondary N) is 1. The Hall–Kier alpha value is -3.39. The van der Waals surface area contributed by atoms with Gasteiger partial charge >= 0.3 is 0 Å². The Kier molecular flexibility index (Phi) is 4.48. The van der Waals surface area contributed by atoms with E-state index >= 15 is 0 Å². The van der Waals surface area contributed by atoms with Crippen molar-refractivity contribution in [1.29, 1.82) is 0 Å². The van der Waals surface area contributed by atoms with Gasteiger partial charge in [-0.05, 0) is 42.0 Å². The average Bonchev–Trinajstić information content (AvgIpc) is 3.10. The number of methoxy groups -OCH3 is 1. The molecule has 2 heterocycles. The number of benzene rings is 2. The van der Waals surface area contributed by atoms with Crippen LogP contribution in [0.15, 0.2) is 71.8 Å². The molecule has 142 valence electrons. The number of anilines is 2. The van der Waals surface area contributed by atoms with E-state index < -0.39 is 9.84 Å². The first-order valence-electron chi connectivity index (χ1n) is 8.51. The second-order valence-corrected chi connectivity index (χ2v) is 8.26. The smallest absolute Gasteiger partial charge is 0.247 e. The fourth-order valence-electron chi connectivity index (χ4n) is 2.93. The lowest BCUT2D eigenvalue weighted by molar-refractivity contribution is 0.417. The zero-order valence-electron chi connectivity index (χ0n) is 15.3. The van der Waals surface area contributed by atoms with Crippen LogP contribution in [0.4, 0.5) is 11.6 Å². The van der Waals surface area contributed by atoms with Crippen LogP contribution in [-0.4, -0.2) is 36.4 Å². The van der Waals surface area contributed by atoms with Crippen molar-refractivity contribution in [2.24, 2.45) is 0 Å². The van der Waals surface area contributed by atoms with Crippen LogP contribution < -0.4 is 10.1 Å². The second kappa shape index (κ2) is 6.97. The van der Waals surface area contributed by atoms with Crippen molar-refractivity contribution in [3.05, 3.63) is 66.9 Å². The van der Waals surface area contributed by atoms with Crippen molar-refractivity contribution in [2.45, 2.75) is 4.90 Å². The third-order valence-electron chi connectivity index (χ3n) is 4.31. The van der Waals surface area contributed by atoms with E-state index in [1.165, 1.54) is 6.26 Å². The molecule has 28 heavy (non-hydrogen) atoms. The van der Waals surface area contributed by atoms with Crippen molar-refractivity contribution in [1.82, 2.24) is 14.6 Å². The minimum atomic E-state index is -3.24. The molecule has 0 atom stereocenters. The van der Waals surface area contributed by atoms with Gasteiger partial charge < -0.3 is 10.1 Å². The van der Waals surface area contributed by atoms with Crippen molar-refractivity contribution in [3.63, 3.8) is 0 Å². The predicted molar refractivity (Wildman–Crippen MR) is 108 cm³/mol. The van der Waals surface area contributed by atoms with Crippen LogP contribution in [0, 0.1) is 0 Å². The zero-order chi connectivity index (χ0) is 19.7. The normalized spacial score (nSPS) is 11.5. The summed E-state index contributed by atoms with van der Waals surface area (Å²) in [7, 11) is -1.63. The van der Waals surface area contributed by atoms with Gasteiger partial charge in [-0.15, -0.1) is 5.10 Å². The molecule has 4 aromatic rings. The van der Waals surface area contributed by atoms with Gasteiger partial charge in [-0.3, -0.25) is 0 Å². The van der Waals surface area contributed by atoms with Gasteiger partial charge in [0.05, 0.1) is 17.7 Å². The number of para-hydroxylation sites is 2.